The molecule has 1 saturated carbocycles. The van der Waals surface area contributed by atoms with Crippen molar-refractivity contribution in [1.29, 1.82) is 0 Å². The Morgan fingerprint density at radius 1 is 1.17 bits per heavy atom. The molecular formula is C21H24O3. The van der Waals surface area contributed by atoms with E-state index in [-0.39, 0.29) is 29.0 Å². The molecule has 3 nitrogen and oxygen atoms in total. The first kappa shape index (κ1) is 16.6. The van der Waals surface area contributed by atoms with Gasteiger partial charge in [-0.05, 0) is 48.9 Å². The predicted octanol–water partition coefficient (Wildman–Crippen LogP) is 4.41. The third-order valence-electron chi connectivity index (χ3n) is 5.21. The number of ether oxygens (including phenoxy) is 1. The summed E-state index contributed by atoms with van der Waals surface area (Å²) >= 11 is 0. The second kappa shape index (κ2) is 6.68. The molecule has 0 bridgehead atoms. The molecule has 126 valence electrons. The van der Waals surface area contributed by atoms with Gasteiger partial charge in [0.2, 0.25) is 0 Å². The molecular weight excluding hydrogens is 300 g/mol. The van der Waals surface area contributed by atoms with Crippen LogP contribution >= 0.6 is 0 Å². The second-order valence-electron chi connectivity index (χ2n) is 6.47. The van der Waals surface area contributed by atoms with Crippen molar-refractivity contribution in [2.75, 3.05) is 6.61 Å². The lowest BCUT2D eigenvalue weighted by molar-refractivity contribution is -0.149. The average molecular weight is 324 g/mol. The molecule has 3 unspecified atom stereocenters. The fourth-order valence-corrected chi connectivity index (χ4v) is 4.04. The van der Waals surface area contributed by atoms with E-state index >= 15 is 0 Å². The normalized spacial score (nSPS) is 23.5. The fraction of sp³-hybridized carbons (Fsp3) is 0.381. The van der Waals surface area contributed by atoms with Crippen LogP contribution in [0.3, 0.4) is 0 Å². The lowest BCUT2D eigenvalue weighted by Crippen LogP contribution is -2.31. The maximum absolute atomic E-state index is 12.6. The standard InChI is InChI=1S/C21H24O3/c1-3-18(20(23)24-4-2)21(16-8-6-5-7-9-16)14-19(21)15-10-12-17(22)13-11-15/h5-13,18-19,22H,3-4,14H2,1-2H3. The van der Waals surface area contributed by atoms with Crippen molar-refractivity contribution in [1.82, 2.24) is 0 Å². The first-order chi connectivity index (χ1) is 11.6. The third-order valence-corrected chi connectivity index (χ3v) is 5.21. The van der Waals surface area contributed by atoms with Crippen LogP contribution in [-0.4, -0.2) is 17.7 Å². The molecule has 0 saturated heterocycles. The number of aromatic hydroxyl groups is 1. The Labute approximate surface area is 143 Å². The van der Waals surface area contributed by atoms with Crippen molar-refractivity contribution in [2.45, 2.75) is 38.0 Å². The molecule has 0 aromatic heterocycles. The summed E-state index contributed by atoms with van der Waals surface area (Å²) < 4.78 is 5.37. The monoisotopic (exact) mass is 324 g/mol. The van der Waals surface area contributed by atoms with Gasteiger partial charge in [-0.15, -0.1) is 0 Å². The Hall–Kier alpha value is -2.29. The number of hydrogen-bond acceptors (Lipinski definition) is 3. The molecule has 3 heteroatoms. The highest BCUT2D eigenvalue weighted by Gasteiger charge is 2.62. The van der Waals surface area contributed by atoms with Crippen LogP contribution in [0, 0.1) is 5.92 Å². The summed E-state index contributed by atoms with van der Waals surface area (Å²) in [6, 6.07) is 17.6. The predicted molar refractivity (Wildman–Crippen MR) is 94.0 cm³/mol. The van der Waals surface area contributed by atoms with Gasteiger partial charge in [-0.3, -0.25) is 4.79 Å². The molecule has 0 spiro atoms. The second-order valence-corrected chi connectivity index (χ2v) is 6.47. The number of carbonyl (C=O) groups is 1. The summed E-state index contributed by atoms with van der Waals surface area (Å²) in [4.78, 5) is 12.6. The van der Waals surface area contributed by atoms with E-state index in [1.54, 1.807) is 12.1 Å². The lowest BCUT2D eigenvalue weighted by Gasteiger charge is -2.27. The van der Waals surface area contributed by atoms with E-state index < -0.39 is 0 Å². The number of phenols is 1. The van der Waals surface area contributed by atoms with Crippen molar-refractivity contribution in [3.8, 4) is 5.75 Å². The van der Waals surface area contributed by atoms with E-state index in [0.29, 0.717) is 6.61 Å². The number of benzene rings is 2. The summed E-state index contributed by atoms with van der Waals surface area (Å²) in [5, 5.41) is 9.55. The van der Waals surface area contributed by atoms with Crippen LogP contribution in [0.4, 0.5) is 0 Å². The Morgan fingerprint density at radius 3 is 2.42 bits per heavy atom. The maximum Gasteiger partial charge on any atom is 0.309 e. The first-order valence-electron chi connectivity index (χ1n) is 8.64. The molecule has 1 fully saturated rings. The highest BCUT2D eigenvalue weighted by Crippen LogP contribution is 2.65. The molecule has 1 N–H and O–H groups in total. The highest BCUT2D eigenvalue weighted by molar-refractivity contribution is 5.76. The van der Waals surface area contributed by atoms with Crippen LogP contribution in [0.25, 0.3) is 0 Å². The van der Waals surface area contributed by atoms with Crippen molar-refractivity contribution in [2.24, 2.45) is 5.92 Å². The van der Waals surface area contributed by atoms with Gasteiger partial charge < -0.3 is 9.84 Å². The van der Waals surface area contributed by atoms with Crippen LogP contribution in [0.1, 0.15) is 43.7 Å². The Balaban J connectivity index is 2.01. The summed E-state index contributed by atoms with van der Waals surface area (Å²) in [5.41, 5.74) is 2.15. The summed E-state index contributed by atoms with van der Waals surface area (Å²) in [6.45, 7) is 4.31. The molecule has 3 atom stereocenters. The zero-order valence-corrected chi connectivity index (χ0v) is 14.2. The zero-order chi connectivity index (χ0) is 17.2. The number of hydrogen-bond donors (Lipinski definition) is 1. The largest absolute Gasteiger partial charge is 0.508 e. The minimum absolute atomic E-state index is 0.106. The molecule has 0 aliphatic heterocycles. The summed E-state index contributed by atoms with van der Waals surface area (Å²) in [5.74, 6) is 0.279. The highest BCUT2D eigenvalue weighted by atomic mass is 16.5. The van der Waals surface area contributed by atoms with Gasteiger partial charge in [0, 0.05) is 5.41 Å². The van der Waals surface area contributed by atoms with Crippen molar-refractivity contribution < 1.29 is 14.6 Å². The van der Waals surface area contributed by atoms with E-state index in [1.807, 2.05) is 37.3 Å². The number of rotatable bonds is 6. The van der Waals surface area contributed by atoms with Crippen LogP contribution in [0.5, 0.6) is 5.75 Å². The smallest absolute Gasteiger partial charge is 0.309 e. The SMILES string of the molecule is CCOC(=O)C(CC)C1(c2ccccc2)CC1c1ccc(O)cc1. The lowest BCUT2D eigenvalue weighted by atomic mass is 9.78. The molecule has 1 aliphatic carbocycles. The molecule has 0 radical (unpaired) electrons. The van der Waals surface area contributed by atoms with Crippen LogP contribution < -0.4 is 0 Å². The summed E-state index contributed by atoms with van der Waals surface area (Å²) in [7, 11) is 0. The van der Waals surface area contributed by atoms with Crippen molar-refractivity contribution in [3.05, 3.63) is 65.7 Å². The first-order valence-corrected chi connectivity index (χ1v) is 8.64. The molecule has 1 aliphatic rings. The van der Waals surface area contributed by atoms with Crippen LogP contribution in [-0.2, 0) is 14.9 Å². The van der Waals surface area contributed by atoms with E-state index in [4.69, 9.17) is 4.74 Å². The van der Waals surface area contributed by atoms with Gasteiger partial charge in [-0.2, -0.15) is 0 Å². The zero-order valence-electron chi connectivity index (χ0n) is 14.2. The van der Waals surface area contributed by atoms with Gasteiger partial charge in [-0.1, -0.05) is 49.4 Å². The molecule has 2 aromatic carbocycles. The van der Waals surface area contributed by atoms with Crippen molar-refractivity contribution >= 4 is 5.97 Å². The quantitative estimate of drug-likeness (QED) is 0.801. The third kappa shape index (κ3) is 2.79. The van der Waals surface area contributed by atoms with Crippen LogP contribution in [0.15, 0.2) is 54.6 Å². The molecule has 0 heterocycles. The Kier molecular flexibility index (Phi) is 4.61. The van der Waals surface area contributed by atoms with E-state index in [1.165, 1.54) is 11.1 Å². The van der Waals surface area contributed by atoms with Crippen LogP contribution in [0.2, 0.25) is 0 Å². The van der Waals surface area contributed by atoms with Gasteiger partial charge in [0.15, 0.2) is 0 Å². The van der Waals surface area contributed by atoms with E-state index in [2.05, 4.69) is 19.1 Å². The number of carbonyl (C=O) groups excluding carboxylic acids is 1. The Bertz CT molecular complexity index is 693. The van der Waals surface area contributed by atoms with E-state index in [9.17, 15) is 9.90 Å². The average Bonchev–Trinajstić information content (AvgIpc) is 3.34. The molecule has 24 heavy (non-hydrogen) atoms. The van der Waals surface area contributed by atoms with Gasteiger partial charge in [0.25, 0.3) is 0 Å². The summed E-state index contributed by atoms with van der Waals surface area (Å²) in [6.07, 6.45) is 1.68. The van der Waals surface area contributed by atoms with Gasteiger partial charge in [0.05, 0.1) is 12.5 Å². The van der Waals surface area contributed by atoms with Gasteiger partial charge >= 0.3 is 5.97 Å². The fourth-order valence-electron chi connectivity index (χ4n) is 4.04. The molecule has 2 aromatic rings. The van der Waals surface area contributed by atoms with Gasteiger partial charge in [-0.25, -0.2) is 0 Å². The minimum atomic E-state index is -0.209. The van der Waals surface area contributed by atoms with Crippen molar-refractivity contribution in [3.63, 3.8) is 0 Å². The number of esters is 1. The Morgan fingerprint density at radius 2 is 1.83 bits per heavy atom. The van der Waals surface area contributed by atoms with E-state index in [0.717, 1.165) is 12.8 Å². The maximum atomic E-state index is 12.6. The minimum Gasteiger partial charge on any atom is -0.508 e. The molecule has 3 rings (SSSR count). The topological polar surface area (TPSA) is 46.5 Å². The number of phenolic OH excluding ortho intramolecular Hbond substituents is 1. The molecule has 0 amide bonds. The van der Waals surface area contributed by atoms with Gasteiger partial charge in [0.1, 0.15) is 5.75 Å².